The van der Waals surface area contributed by atoms with Crippen LogP contribution in [0.2, 0.25) is 0 Å². The molecule has 0 unspecified atom stereocenters. The van der Waals surface area contributed by atoms with Crippen molar-refractivity contribution in [3.8, 4) is 5.75 Å². The number of piperidine rings is 1. The van der Waals surface area contributed by atoms with Gasteiger partial charge in [0.2, 0.25) is 0 Å². The van der Waals surface area contributed by atoms with Crippen molar-refractivity contribution in [2.45, 2.75) is 44.4 Å². The van der Waals surface area contributed by atoms with Crippen molar-refractivity contribution in [2.75, 3.05) is 20.2 Å². The lowest BCUT2D eigenvalue weighted by Crippen LogP contribution is -2.45. The fourth-order valence-corrected chi connectivity index (χ4v) is 3.92. The number of carbonyl (C=O) groups excluding carboxylic acids is 2. The zero-order valence-electron chi connectivity index (χ0n) is 15.2. The first kappa shape index (κ1) is 18.5. The normalized spacial score (nSPS) is 17.9. The summed E-state index contributed by atoms with van der Waals surface area (Å²) in [7, 11) is 1.70. The maximum absolute atomic E-state index is 11.8. The van der Waals surface area contributed by atoms with Gasteiger partial charge in [0.15, 0.2) is 0 Å². The first-order valence-electron chi connectivity index (χ1n) is 9.23. The second-order valence-electron chi connectivity index (χ2n) is 7.02. The van der Waals surface area contributed by atoms with E-state index in [9.17, 15) is 9.59 Å². The first-order chi connectivity index (χ1) is 12.6. The van der Waals surface area contributed by atoms with E-state index in [-0.39, 0.29) is 0 Å². The molecule has 3 rings (SSSR count). The molecular formula is C20H26N2O4. The molecule has 2 fully saturated rings. The molecule has 0 bridgehead atoms. The molecule has 0 radical (unpaired) electrons. The fourth-order valence-electron chi connectivity index (χ4n) is 3.92. The van der Waals surface area contributed by atoms with Crippen LogP contribution in [0.1, 0.15) is 55.6 Å². The number of nitrogens with one attached hydrogen (secondary N) is 1. The monoisotopic (exact) mass is 358 g/mol. The molecule has 6 heteroatoms. The van der Waals surface area contributed by atoms with Gasteiger partial charge in [-0.1, -0.05) is 17.7 Å². The molecule has 0 spiro atoms. The number of benzene rings is 1. The van der Waals surface area contributed by atoms with E-state index in [1.54, 1.807) is 7.11 Å². The number of ether oxygens (including phenoxy) is 1. The lowest BCUT2D eigenvalue weighted by Gasteiger charge is -2.31. The van der Waals surface area contributed by atoms with Crippen LogP contribution < -0.4 is 10.2 Å². The van der Waals surface area contributed by atoms with E-state index >= 15 is 0 Å². The Kier molecular flexibility index (Phi) is 5.93. The van der Waals surface area contributed by atoms with Crippen molar-refractivity contribution >= 4 is 17.9 Å². The van der Waals surface area contributed by atoms with E-state index < -0.39 is 11.8 Å². The maximum Gasteiger partial charge on any atom is 0.332 e. The smallest absolute Gasteiger partial charge is 0.332 e. The number of amides is 2. The number of carbonyl (C=O) groups is 2. The second kappa shape index (κ2) is 8.36. The highest BCUT2D eigenvalue weighted by atomic mass is 16.5. The third kappa shape index (κ3) is 4.07. The number of likely N-dealkylation sites (tertiary alicyclic amines) is 1. The average molecular weight is 358 g/mol. The van der Waals surface area contributed by atoms with E-state index in [1.807, 2.05) is 6.07 Å². The summed E-state index contributed by atoms with van der Waals surface area (Å²) in [5.74, 6) is -0.408. The Balaban J connectivity index is 1.71. The zero-order chi connectivity index (χ0) is 18.5. The van der Waals surface area contributed by atoms with Gasteiger partial charge in [0, 0.05) is 18.7 Å². The van der Waals surface area contributed by atoms with E-state index in [4.69, 9.17) is 9.94 Å². The lowest BCUT2D eigenvalue weighted by atomic mass is 9.88. The number of hydrogen-bond donors (Lipinski definition) is 2. The molecule has 2 aliphatic rings. The Morgan fingerprint density at radius 3 is 2.54 bits per heavy atom. The average Bonchev–Trinajstić information content (AvgIpc) is 3.20. The summed E-state index contributed by atoms with van der Waals surface area (Å²) in [5.41, 5.74) is 5.26. The number of hydrogen-bond acceptors (Lipinski definition) is 4. The topological polar surface area (TPSA) is 78.9 Å². The van der Waals surface area contributed by atoms with Crippen LogP contribution in [0.4, 0.5) is 0 Å². The summed E-state index contributed by atoms with van der Waals surface area (Å²) in [6, 6.07) is 6.32. The molecule has 1 saturated carbocycles. The highest BCUT2D eigenvalue weighted by Crippen LogP contribution is 2.34. The van der Waals surface area contributed by atoms with Crippen LogP contribution in [0.25, 0.3) is 6.08 Å². The van der Waals surface area contributed by atoms with E-state index in [1.165, 1.54) is 47.2 Å². The van der Waals surface area contributed by atoms with Crippen LogP contribution in [0.3, 0.4) is 0 Å². The molecule has 1 heterocycles. The quantitative estimate of drug-likeness (QED) is 0.495. The number of hydroxylamine groups is 1. The Morgan fingerprint density at radius 1 is 1.23 bits per heavy atom. The molecule has 6 nitrogen and oxygen atoms in total. The number of rotatable bonds is 3. The summed E-state index contributed by atoms with van der Waals surface area (Å²) in [6.07, 6.45) is 8.73. The molecule has 2 N–H and O–H groups in total. The minimum atomic E-state index is -0.974. The lowest BCUT2D eigenvalue weighted by molar-refractivity contribution is -0.151. The second-order valence-corrected chi connectivity index (χ2v) is 7.02. The third-order valence-electron chi connectivity index (χ3n) is 5.41. The fraction of sp³-hybridized carbons (Fsp3) is 0.500. The predicted molar refractivity (Wildman–Crippen MR) is 97.9 cm³/mol. The van der Waals surface area contributed by atoms with Gasteiger partial charge in [0.1, 0.15) is 5.75 Å². The molecule has 1 aromatic carbocycles. The number of allylic oxidation sites excluding steroid dienone is 1. The third-order valence-corrected chi connectivity index (χ3v) is 5.41. The first-order valence-corrected chi connectivity index (χ1v) is 9.23. The van der Waals surface area contributed by atoms with Crippen molar-refractivity contribution in [3.05, 3.63) is 34.9 Å². The van der Waals surface area contributed by atoms with Gasteiger partial charge >= 0.3 is 11.8 Å². The van der Waals surface area contributed by atoms with Crippen LogP contribution in [0.5, 0.6) is 5.75 Å². The molecule has 1 saturated heterocycles. The van der Waals surface area contributed by atoms with Crippen LogP contribution in [-0.2, 0) is 9.59 Å². The van der Waals surface area contributed by atoms with Gasteiger partial charge < -0.3 is 9.64 Å². The Morgan fingerprint density at radius 2 is 1.92 bits per heavy atom. The Bertz CT molecular complexity index is 698. The highest BCUT2D eigenvalue weighted by Gasteiger charge is 2.27. The SMILES string of the molecule is COc1ccc(C2CCN(C(=O)C(=O)NO)CC2)cc1C=C1CCCC1. The molecule has 1 aliphatic heterocycles. The molecule has 26 heavy (non-hydrogen) atoms. The molecular weight excluding hydrogens is 332 g/mol. The minimum absolute atomic E-state index is 0.350. The van der Waals surface area contributed by atoms with Gasteiger partial charge in [0.25, 0.3) is 0 Å². The van der Waals surface area contributed by atoms with Gasteiger partial charge in [-0.3, -0.25) is 14.8 Å². The van der Waals surface area contributed by atoms with Crippen molar-refractivity contribution < 1.29 is 19.5 Å². The molecule has 1 aliphatic carbocycles. The predicted octanol–water partition coefficient (Wildman–Crippen LogP) is 2.86. The maximum atomic E-state index is 11.8. The number of methoxy groups -OCH3 is 1. The largest absolute Gasteiger partial charge is 0.496 e. The van der Waals surface area contributed by atoms with Crippen molar-refractivity contribution in [2.24, 2.45) is 0 Å². The van der Waals surface area contributed by atoms with Crippen molar-refractivity contribution in [3.63, 3.8) is 0 Å². The van der Waals surface area contributed by atoms with Crippen LogP contribution in [0, 0.1) is 0 Å². The number of nitrogens with zero attached hydrogens (tertiary/aromatic N) is 1. The van der Waals surface area contributed by atoms with E-state index in [0.29, 0.717) is 19.0 Å². The molecule has 2 amide bonds. The minimum Gasteiger partial charge on any atom is -0.496 e. The van der Waals surface area contributed by atoms with Gasteiger partial charge in [-0.15, -0.1) is 0 Å². The summed E-state index contributed by atoms with van der Waals surface area (Å²) < 4.78 is 5.52. The Hall–Kier alpha value is -2.34. The van der Waals surface area contributed by atoms with Crippen LogP contribution in [0.15, 0.2) is 23.8 Å². The van der Waals surface area contributed by atoms with Gasteiger partial charge in [-0.25, -0.2) is 5.48 Å². The summed E-state index contributed by atoms with van der Waals surface area (Å²) >= 11 is 0. The van der Waals surface area contributed by atoms with Gasteiger partial charge in [0.05, 0.1) is 7.11 Å². The van der Waals surface area contributed by atoms with E-state index in [0.717, 1.165) is 24.2 Å². The zero-order valence-corrected chi connectivity index (χ0v) is 15.2. The molecule has 140 valence electrons. The summed E-state index contributed by atoms with van der Waals surface area (Å²) in [4.78, 5) is 24.6. The van der Waals surface area contributed by atoms with Crippen molar-refractivity contribution in [1.82, 2.24) is 10.4 Å². The standard InChI is InChI=1S/C20H26N2O4/c1-26-18-7-6-16(13-17(18)12-14-4-2-3-5-14)15-8-10-22(11-9-15)20(24)19(23)21-25/h6-7,12-13,15,25H,2-5,8-11H2,1H3,(H,21,23). The van der Waals surface area contributed by atoms with Gasteiger partial charge in [-0.2, -0.15) is 0 Å². The highest BCUT2D eigenvalue weighted by molar-refractivity contribution is 6.34. The molecule has 1 aromatic rings. The van der Waals surface area contributed by atoms with Crippen molar-refractivity contribution in [1.29, 1.82) is 0 Å². The Labute approximate surface area is 153 Å². The molecule has 0 atom stereocenters. The van der Waals surface area contributed by atoms with Gasteiger partial charge in [-0.05, 0) is 62.1 Å². The van der Waals surface area contributed by atoms with E-state index in [2.05, 4.69) is 18.2 Å². The van der Waals surface area contributed by atoms with Crippen LogP contribution in [-0.4, -0.2) is 42.1 Å². The summed E-state index contributed by atoms with van der Waals surface area (Å²) in [6.45, 7) is 1.03. The molecule has 0 aromatic heterocycles. The summed E-state index contributed by atoms with van der Waals surface area (Å²) in [5, 5.41) is 8.60. The van der Waals surface area contributed by atoms with Crippen LogP contribution >= 0.6 is 0 Å².